The molecule has 0 radical (unpaired) electrons. The molecule has 1 unspecified atom stereocenters. The summed E-state index contributed by atoms with van der Waals surface area (Å²) < 4.78 is 0. The number of rotatable bonds is 8. The Labute approximate surface area is 121 Å². The predicted octanol–water partition coefficient (Wildman–Crippen LogP) is 1.25. The van der Waals surface area contributed by atoms with Crippen LogP contribution in [0, 0.1) is 5.92 Å². The quantitative estimate of drug-likeness (QED) is 0.579. The summed E-state index contributed by atoms with van der Waals surface area (Å²) >= 11 is 0. The summed E-state index contributed by atoms with van der Waals surface area (Å²) in [6.07, 6.45) is 0.377. The van der Waals surface area contributed by atoms with Crippen LogP contribution in [0.4, 0.5) is 0 Å². The monoisotopic (exact) mass is 281 g/mol. The minimum Gasteiger partial charge on any atom is -0.394 e. The normalized spacial score (nSPS) is 13.8. The molecule has 0 bridgehead atoms. The van der Waals surface area contributed by atoms with E-state index in [1.54, 1.807) is 6.92 Å². The number of benzene rings is 1. The van der Waals surface area contributed by atoms with Gasteiger partial charge in [0.1, 0.15) is 0 Å². The average Bonchev–Trinajstić information content (AvgIpc) is 2.44. The summed E-state index contributed by atoms with van der Waals surface area (Å²) in [7, 11) is 0. The molecule has 1 rings (SSSR count). The SMILES string of the molecule is CC(C)Cc1ccc(C(O)CNC(C)(CO)CO)cc1. The lowest BCUT2D eigenvalue weighted by atomic mass is 9.99. The summed E-state index contributed by atoms with van der Waals surface area (Å²) in [4.78, 5) is 0. The molecule has 114 valence electrons. The number of aliphatic hydroxyl groups excluding tert-OH is 3. The second-order valence-corrected chi connectivity index (χ2v) is 6.11. The standard InChI is InChI=1S/C16H27NO3/c1-12(2)8-13-4-6-14(7-5-13)15(20)9-17-16(3,10-18)11-19/h4-7,12,15,17-20H,8-11H2,1-3H3. The molecule has 0 aliphatic carbocycles. The van der Waals surface area contributed by atoms with Gasteiger partial charge in [-0.25, -0.2) is 0 Å². The molecular formula is C16H27NO3. The van der Waals surface area contributed by atoms with Crippen molar-refractivity contribution < 1.29 is 15.3 Å². The number of β-amino-alcohol motifs (C(OH)–C–C–N with tert-alkyl or cyclic N) is 1. The molecule has 0 saturated carbocycles. The second kappa shape index (κ2) is 7.74. The highest BCUT2D eigenvalue weighted by molar-refractivity contribution is 5.24. The molecule has 1 aromatic rings. The van der Waals surface area contributed by atoms with E-state index in [1.165, 1.54) is 5.56 Å². The predicted molar refractivity (Wildman–Crippen MR) is 80.5 cm³/mol. The Morgan fingerprint density at radius 3 is 2.10 bits per heavy atom. The maximum Gasteiger partial charge on any atom is 0.0914 e. The number of hydrogen-bond donors (Lipinski definition) is 4. The summed E-state index contributed by atoms with van der Waals surface area (Å²) in [5.74, 6) is 0.613. The van der Waals surface area contributed by atoms with Gasteiger partial charge in [0.15, 0.2) is 0 Å². The van der Waals surface area contributed by atoms with Crippen LogP contribution in [0.2, 0.25) is 0 Å². The first-order valence-corrected chi connectivity index (χ1v) is 7.14. The van der Waals surface area contributed by atoms with Crippen molar-refractivity contribution in [3.05, 3.63) is 35.4 Å². The molecule has 1 atom stereocenters. The van der Waals surface area contributed by atoms with Gasteiger partial charge in [0.2, 0.25) is 0 Å². The van der Waals surface area contributed by atoms with Crippen molar-refractivity contribution in [1.29, 1.82) is 0 Å². The fraction of sp³-hybridized carbons (Fsp3) is 0.625. The molecular weight excluding hydrogens is 254 g/mol. The minimum atomic E-state index is -0.765. The Morgan fingerprint density at radius 1 is 1.10 bits per heavy atom. The minimum absolute atomic E-state index is 0.177. The van der Waals surface area contributed by atoms with E-state index in [9.17, 15) is 15.3 Å². The van der Waals surface area contributed by atoms with Crippen LogP contribution in [0.1, 0.15) is 38.0 Å². The van der Waals surface area contributed by atoms with E-state index in [0.29, 0.717) is 12.5 Å². The summed E-state index contributed by atoms with van der Waals surface area (Å²) in [5, 5.41) is 31.5. The summed E-state index contributed by atoms with van der Waals surface area (Å²) in [6, 6.07) is 7.93. The Kier molecular flexibility index (Phi) is 6.62. The lowest BCUT2D eigenvalue weighted by Crippen LogP contribution is -2.50. The molecule has 0 aliphatic heterocycles. The molecule has 0 aliphatic rings. The first kappa shape index (κ1) is 17.1. The van der Waals surface area contributed by atoms with Crippen LogP contribution >= 0.6 is 0 Å². The molecule has 0 spiro atoms. The third kappa shape index (κ3) is 5.21. The third-order valence-electron chi connectivity index (χ3n) is 3.43. The van der Waals surface area contributed by atoms with Gasteiger partial charge < -0.3 is 20.6 Å². The van der Waals surface area contributed by atoms with Crippen molar-refractivity contribution in [3.8, 4) is 0 Å². The average molecular weight is 281 g/mol. The Balaban J connectivity index is 2.57. The molecule has 0 saturated heterocycles. The number of hydrogen-bond acceptors (Lipinski definition) is 4. The van der Waals surface area contributed by atoms with Crippen LogP contribution < -0.4 is 5.32 Å². The van der Waals surface area contributed by atoms with Gasteiger partial charge in [-0.3, -0.25) is 0 Å². The zero-order chi connectivity index (χ0) is 15.2. The van der Waals surface area contributed by atoms with Crippen molar-refractivity contribution in [2.75, 3.05) is 19.8 Å². The first-order chi connectivity index (χ1) is 9.40. The van der Waals surface area contributed by atoms with E-state index >= 15 is 0 Å². The van der Waals surface area contributed by atoms with Gasteiger partial charge in [-0.1, -0.05) is 38.1 Å². The van der Waals surface area contributed by atoms with Crippen molar-refractivity contribution in [2.45, 2.75) is 38.8 Å². The van der Waals surface area contributed by atoms with Crippen molar-refractivity contribution >= 4 is 0 Å². The van der Waals surface area contributed by atoms with Crippen LogP contribution in [0.15, 0.2) is 24.3 Å². The van der Waals surface area contributed by atoms with Crippen molar-refractivity contribution in [1.82, 2.24) is 5.32 Å². The molecule has 0 aromatic heterocycles. The zero-order valence-electron chi connectivity index (χ0n) is 12.6. The van der Waals surface area contributed by atoms with Crippen LogP contribution in [0.3, 0.4) is 0 Å². The fourth-order valence-electron chi connectivity index (χ4n) is 1.97. The van der Waals surface area contributed by atoms with E-state index in [4.69, 9.17) is 0 Å². The van der Waals surface area contributed by atoms with E-state index in [1.807, 2.05) is 24.3 Å². The Bertz CT molecular complexity index is 385. The molecule has 1 aromatic carbocycles. The molecule has 4 heteroatoms. The van der Waals surface area contributed by atoms with E-state index in [0.717, 1.165) is 12.0 Å². The molecule has 4 nitrogen and oxygen atoms in total. The third-order valence-corrected chi connectivity index (χ3v) is 3.43. The largest absolute Gasteiger partial charge is 0.394 e. The van der Waals surface area contributed by atoms with Gasteiger partial charge in [0.05, 0.1) is 24.9 Å². The van der Waals surface area contributed by atoms with Gasteiger partial charge in [0.25, 0.3) is 0 Å². The molecule has 0 heterocycles. The summed E-state index contributed by atoms with van der Waals surface area (Å²) in [6.45, 7) is 6.01. The van der Waals surface area contributed by atoms with E-state index in [2.05, 4.69) is 19.2 Å². The highest BCUT2D eigenvalue weighted by Gasteiger charge is 2.22. The Morgan fingerprint density at radius 2 is 1.65 bits per heavy atom. The van der Waals surface area contributed by atoms with Gasteiger partial charge >= 0.3 is 0 Å². The number of nitrogens with one attached hydrogen (secondary N) is 1. The second-order valence-electron chi connectivity index (χ2n) is 6.11. The molecule has 0 amide bonds. The number of aliphatic hydroxyl groups is 3. The molecule has 4 N–H and O–H groups in total. The van der Waals surface area contributed by atoms with Crippen molar-refractivity contribution in [3.63, 3.8) is 0 Å². The smallest absolute Gasteiger partial charge is 0.0914 e. The first-order valence-electron chi connectivity index (χ1n) is 7.14. The lowest BCUT2D eigenvalue weighted by Gasteiger charge is -2.27. The zero-order valence-corrected chi connectivity index (χ0v) is 12.6. The van der Waals surface area contributed by atoms with Crippen LogP contribution in [0.25, 0.3) is 0 Å². The van der Waals surface area contributed by atoms with E-state index in [-0.39, 0.29) is 13.2 Å². The van der Waals surface area contributed by atoms with Crippen molar-refractivity contribution in [2.24, 2.45) is 5.92 Å². The van der Waals surface area contributed by atoms with Crippen LogP contribution in [-0.4, -0.2) is 40.6 Å². The Hall–Kier alpha value is -0.940. The van der Waals surface area contributed by atoms with Gasteiger partial charge in [0, 0.05) is 6.54 Å². The van der Waals surface area contributed by atoms with Crippen LogP contribution in [-0.2, 0) is 6.42 Å². The van der Waals surface area contributed by atoms with Gasteiger partial charge in [-0.2, -0.15) is 0 Å². The topological polar surface area (TPSA) is 72.7 Å². The van der Waals surface area contributed by atoms with Gasteiger partial charge in [-0.05, 0) is 30.4 Å². The fourth-order valence-corrected chi connectivity index (χ4v) is 1.97. The highest BCUT2D eigenvalue weighted by Crippen LogP contribution is 2.16. The molecule has 20 heavy (non-hydrogen) atoms. The van der Waals surface area contributed by atoms with E-state index < -0.39 is 11.6 Å². The maximum atomic E-state index is 10.1. The lowest BCUT2D eigenvalue weighted by molar-refractivity contribution is 0.0846. The van der Waals surface area contributed by atoms with Crippen LogP contribution in [0.5, 0.6) is 0 Å². The maximum absolute atomic E-state index is 10.1. The van der Waals surface area contributed by atoms with Gasteiger partial charge in [-0.15, -0.1) is 0 Å². The summed E-state index contributed by atoms with van der Waals surface area (Å²) in [5.41, 5.74) is 1.33. The highest BCUT2D eigenvalue weighted by atomic mass is 16.3. The molecule has 0 fully saturated rings.